The Labute approximate surface area is 192 Å². The van der Waals surface area contributed by atoms with E-state index in [1.165, 1.54) is 0 Å². The number of esters is 1. The number of likely N-dealkylation sites (tertiary alicyclic amines) is 1. The lowest BCUT2D eigenvalue weighted by Crippen LogP contribution is -2.42. The molecule has 1 aliphatic heterocycles. The molecule has 0 bridgehead atoms. The Hall–Kier alpha value is -2.94. The molecule has 0 saturated carbocycles. The molecule has 0 atom stereocenters. The number of thiazole rings is 1. The first-order chi connectivity index (χ1) is 15.2. The fourth-order valence-electron chi connectivity index (χ4n) is 3.96. The molecule has 32 heavy (non-hydrogen) atoms. The number of hydrogen-bond donors (Lipinski definition) is 2. The van der Waals surface area contributed by atoms with Gasteiger partial charge in [0.2, 0.25) is 0 Å². The van der Waals surface area contributed by atoms with Crippen LogP contribution in [0.5, 0.6) is 0 Å². The summed E-state index contributed by atoms with van der Waals surface area (Å²) in [6.07, 6.45) is 1.15. The van der Waals surface area contributed by atoms with Crippen LogP contribution in [0, 0.1) is 33.6 Å². The van der Waals surface area contributed by atoms with E-state index in [-0.39, 0.29) is 23.8 Å². The normalized spacial score (nSPS) is 14.2. The Morgan fingerprint density at radius 1 is 1.09 bits per heavy atom. The van der Waals surface area contributed by atoms with Crippen molar-refractivity contribution in [1.82, 2.24) is 9.88 Å². The second-order valence-corrected chi connectivity index (χ2v) is 9.10. The third kappa shape index (κ3) is 5.45. The van der Waals surface area contributed by atoms with Crippen molar-refractivity contribution in [3.8, 4) is 0 Å². The highest BCUT2D eigenvalue weighted by atomic mass is 32.1. The number of urea groups is 1. The van der Waals surface area contributed by atoms with Gasteiger partial charge in [0.25, 0.3) is 5.91 Å². The van der Waals surface area contributed by atoms with Gasteiger partial charge in [0.15, 0.2) is 5.13 Å². The molecule has 1 fully saturated rings. The van der Waals surface area contributed by atoms with E-state index in [2.05, 4.69) is 15.6 Å². The van der Waals surface area contributed by atoms with Crippen LogP contribution in [0.3, 0.4) is 0 Å². The highest BCUT2D eigenvalue weighted by Crippen LogP contribution is 2.27. The fourth-order valence-corrected chi connectivity index (χ4v) is 4.81. The average Bonchev–Trinajstić information content (AvgIpc) is 3.10. The predicted molar refractivity (Wildman–Crippen MR) is 125 cm³/mol. The molecule has 1 aromatic carbocycles. The molecule has 1 aliphatic rings. The van der Waals surface area contributed by atoms with Gasteiger partial charge in [0.05, 0.1) is 18.2 Å². The number of benzene rings is 1. The van der Waals surface area contributed by atoms with E-state index in [1.54, 1.807) is 18.7 Å². The average molecular weight is 459 g/mol. The Kier molecular flexibility index (Phi) is 7.50. The maximum atomic E-state index is 12.9. The molecule has 1 aromatic heterocycles. The Balaban J connectivity index is 1.61. The van der Waals surface area contributed by atoms with Crippen molar-refractivity contribution in [3.63, 3.8) is 0 Å². The number of hydrogen-bond acceptors (Lipinski definition) is 6. The Morgan fingerprint density at radius 3 is 2.31 bits per heavy atom. The number of carbonyl (C=O) groups excluding carboxylic acids is 3. The summed E-state index contributed by atoms with van der Waals surface area (Å²) in [5.41, 5.74) is 4.49. The van der Waals surface area contributed by atoms with Crippen LogP contribution >= 0.6 is 11.3 Å². The summed E-state index contributed by atoms with van der Waals surface area (Å²) in [5, 5.41) is 6.15. The topological polar surface area (TPSA) is 101 Å². The van der Waals surface area contributed by atoms with E-state index in [0.717, 1.165) is 33.7 Å². The van der Waals surface area contributed by atoms with E-state index >= 15 is 0 Å². The van der Waals surface area contributed by atoms with Crippen LogP contribution in [0.15, 0.2) is 12.1 Å². The summed E-state index contributed by atoms with van der Waals surface area (Å²) >= 11 is 1.15. The van der Waals surface area contributed by atoms with Crippen LogP contribution in [0.1, 0.15) is 51.8 Å². The lowest BCUT2D eigenvalue weighted by Gasteiger charge is -2.30. The smallest absolute Gasteiger partial charge is 0.323 e. The van der Waals surface area contributed by atoms with Gasteiger partial charge in [-0.3, -0.25) is 14.9 Å². The summed E-state index contributed by atoms with van der Waals surface area (Å²) in [5.74, 6) is -0.603. The molecule has 1 saturated heterocycles. The van der Waals surface area contributed by atoms with Crippen molar-refractivity contribution in [1.29, 1.82) is 0 Å². The van der Waals surface area contributed by atoms with Crippen molar-refractivity contribution in [2.45, 2.75) is 47.5 Å². The van der Waals surface area contributed by atoms with Crippen molar-refractivity contribution < 1.29 is 19.1 Å². The van der Waals surface area contributed by atoms with E-state index in [1.807, 2.05) is 32.9 Å². The molecule has 9 heteroatoms. The van der Waals surface area contributed by atoms with Gasteiger partial charge in [-0.25, -0.2) is 9.78 Å². The van der Waals surface area contributed by atoms with E-state index < -0.39 is 0 Å². The SMILES string of the molecule is CCOC(=O)C1CCN(C(=O)Nc2nc(C)c(C(=O)Nc3c(C)cc(C)cc3C)s2)CC1. The minimum atomic E-state index is -0.279. The van der Waals surface area contributed by atoms with Gasteiger partial charge in [-0.1, -0.05) is 29.0 Å². The highest BCUT2D eigenvalue weighted by Gasteiger charge is 2.29. The molecular weight excluding hydrogens is 428 g/mol. The van der Waals surface area contributed by atoms with Gasteiger partial charge in [0.1, 0.15) is 4.88 Å². The first kappa shape index (κ1) is 23.7. The van der Waals surface area contributed by atoms with Crippen molar-refractivity contribution in [2.75, 3.05) is 30.3 Å². The number of nitrogens with zero attached hydrogens (tertiary/aromatic N) is 2. The van der Waals surface area contributed by atoms with E-state index in [4.69, 9.17) is 4.74 Å². The lowest BCUT2D eigenvalue weighted by molar-refractivity contribution is -0.149. The summed E-state index contributed by atoms with van der Waals surface area (Å²) in [6.45, 7) is 10.8. The molecule has 0 radical (unpaired) electrons. The number of rotatable bonds is 5. The monoisotopic (exact) mass is 458 g/mol. The van der Waals surface area contributed by atoms with Gasteiger partial charge in [0, 0.05) is 18.8 Å². The number of aromatic nitrogens is 1. The molecule has 0 spiro atoms. The number of piperidine rings is 1. The standard InChI is InChI=1S/C23H30N4O4S/c1-6-31-21(29)17-7-9-27(10-8-17)23(30)26-22-24-16(5)19(32-22)20(28)25-18-14(3)11-13(2)12-15(18)4/h11-12,17H,6-10H2,1-5H3,(H,25,28)(H,24,26,30). The third-order valence-electron chi connectivity index (χ3n) is 5.53. The molecule has 8 nitrogen and oxygen atoms in total. The number of carbonyl (C=O) groups is 3. The quantitative estimate of drug-likeness (QED) is 0.646. The maximum Gasteiger partial charge on any atom is 0.323 e. The fraction of sp³-hybridized carbons (Fsp3) is 0.478. The van der Waals surface area contributed by atoms with Gasteiger partial charge in [-0.2, -0.15) is 0 Å². The van der Waals surface area contributed by atoms with Crippen LogP contribution in [0.2, 0.25) is 0 Å². The van der Waals surface area contributed by atoms with Gasteiger partial charge in [-0.15, -0.1) is 0 Å². The van der Waals surface area contributed by atoms with E-state index in [0.29, 0.717) is 48.2 Å². The summed E-state index contributed by atoms with van der Waals surface area (Å²) in [4.78, 5) is 43.9. The Bertz CT molecular complexity index is 1000. The van der Waals surface area contributed by atoms with E-state index in [9.17, 15) is 14.4 Å². The second-order valence-electron chi connectivity index (χ2n) is 8.10. The molecule has 172 valence electrons. The van der Waals surface area contributed by atoms with Gasteiger partial charge < -0.3 is 15.0 Å². The second kappa shape index (κ2) is 10.1. The third-order valence-corrected chi connectivity index (χ3v) is 6.61. The first-order valence-corrected chi connectivity index (χ1v) is 11.6. The molecular formula is C23H30N4O4S. The van der Waals surface area contributed by atoms with Gasteiger partial charge >= 0.3 is 12.0 Å². The molecule has 0 unspecified atom stereocenters. The Morgan fingerprint density at radius 2 is 1.72 bits per heavy atom. The van der Waals surface area contributed by atoms with Gasteiger partial charge in [-0.05, 0) is 58.6 Å². The zero-order valence-corrected chi connectivity index (χ0v) is 20.0. The molecule has 2 heterocycles. The molecule has 2 aromatic rings. The minimum Gasteiger partial charge on any atom is -0.466 e. The molecule has 2 N–H and O–H groups in total. The van der Waals surface area contributed by atoms with Crippen LogP contribution in [0.25, 0.3) is 0 Å². The zero-order chi connectivity index (χ0) is 23.4. The zero-order valence-electron chi connectivity index (χ0n) is 19.2. The van der Waals surface area contributed by atoms with Crippen molar-refractivity contribution in [2.24, 2.45) is 5.92 Å². The largest absolute Gasteiger partial charge is 0.466 e. The summed E-state index contributed by atoms with van der Waals surface area (Å²) in [6, 6.07) is 3.77. The number of amides is 3. The lowest BCUT2D eigenvalue weighted by atomic mass is 9.97. The maximum absolute atomic E-state index is 12.9. The minimum absolute atomic E-state index is 0.162. The van der Waals surface area contributed by atoms with Crippen LogP contribution < -0.4 is 10.6 Å². The number of anilines is 2. The van der Waals surface area contributed by atoms with Crippen molar-refractivity contribution in [3.05, 3.63) is 39.4 Å². The predicted octanol–water partition coefficient (Wildman–Crippen LogP) is 4.44. The van der Waals surface area contributed by atoms with Crippen LogP contribution in [-0.4, -0.2) is 47.5 Å². The molecule has 3 rings (SSSR count). The molecule has 3 amide bonds. The summed E-state index contributed by atoms with van der Waals surface area (Å²) < 4.78 is 5.07. The molecule has 0 aliphatic carbocycles. The number of ether oxygens (including phenoxy) is 1. The highest BCUT2D eigenvalue weighted by molar-refractivity contribution is 7.17. The van der Waals surface area contributed by atoms with Crippen LogP contribution in [0.4, 0.5) is 15.6 Å². The number of aryl methyl sites for hydroxylation is 4. The van der Waals surface area contributed by atoms with Crippen molar-refractivity contribution >= 4 is 40.1 Å². The van der Waals surface area contributed by atoms with Crippen LogP contribution in [-0.2, 0) is 9.53 Å². The first-order valence-electron chi connectivity index (χ1n) is 10.8. The number of nitrogens with one attached hydrogen (secondary N) is 2. The summed E-state index contributed by atoms with van der Waals surface area (Å²) in [7, 11) is 0.